The van der Waals surface area contributed by atoms with Crippen LogP contribution in [0.25, 0.3) is 0 Å². The maximum atomic E-state index is 12.9. The SMILES string of the molecule is CCOC(=O)Cc1csc(NC(=O)COc2ccc(F)cc2Cl)n1. The van der Waals surface area contributed by atoms with Gasteiger partial charge in [0.2, 0.25) is 0 Å². The quantitative estimate of drug-likeness (QED) is 0.756. The van der Waals surface area contributed by atoms with Crippen LogP contribution in [0.1, 0.15) is 12.6 Å². The number of carbonyl (C=O) groups excluding carboxylic acids is 2. The van der Waals surface area contributed by atoms with E-state index in [1.54, 1.807) is 12.3 Å². The first-order valence-electron chi connectivity index (χ1n) is 6.95. The zero-order valence-electron chi connectivity index (χ0n) is 12.7. The largest absolute Gasteiger partial charge is 0.482 e. The number of hydrogen-bond acceptors (Lipinski definition) is 6. The molecule has 1 aromatic heterocycles. The minimum atomic E-state index is -0.492. The first-order valence-corrected chi connectivity index (χ1v) is 8.21. The summed E-state index contributed by atoms with van der Waals surface area (Å²) in [6.45, 7) is 1.71. The average Bonchev–Trinajstić information content (AvgIpc) is 2.93. The van der Waals surface area contributed by atoms with Crippen LogP contribution in [0.4, 0.5) is 9.52 Å². The lowest BCUT2D eigenvalue weighted by Gasteiger charge is -2.07. The highest BCUT2D eigenvalue weighted by Gasteiger charge is 2.11. The summed E-state index contributed by atoms with van der Waals surface area (Å²) in [7, 11) is 0. The molecule has 0 fully saturated rings. The second-order valence-corrected chi connectivity index (χ2v) is 5.80. The van der Waals surface area contributed by atoms with E-state index in [9.17, 15) is 14.0 Å². The Bertz CT molecular complexity index is 738. The van der Waals surface area contributed by atoms with Crippen LogP contribution in [0.15, 0.2) is 23.6 Å². The molecule has 0 spiro atoms. The Balaban J connectivity index is 1.84. The fourth-order valence-electron chi connectivity index (χ4n) is 1.70. The number of rotatable bonds is 7. The zero-order valence-corrected chi connectivity index (χ0v) is 14.2. The summed E-state index contributed by atoms with van der Waals surface area (Å²) in [6, 6.07) is 3.62. The van der Waals surface area contributed by atoms with Crippen molar-refractivity contribution >= 4 is 39.9 Å². The number of benzene rings is 1. The van der Waals surface area contributed by atoms with Crippen molar-refractivity contribution in [3.63, 3.8) is 0 Å². The molecule has 1 aromatic carbocycles. The van der Waals surface area contributed by atoms with Crippen LogP contribution in [0.3, 0.4) is 0 Å². The molecule has 0 bridgehead atoms. The molecule has 0 atom stereocenters. The molecule has 128 valence electrons. The lowest BCUT2D eigenvalue weighted by Crippen LogP contribution is -2.20. The summed E-state index contributed by atoms with van der Waals surface area (Å²) in [6.07, 6.45) is 0.0435. The third kappa shape index (κ3) is 5.47. The van der Waals surface area contributed by atoms with E-state index < -0.39 is 11.7 Å². The molecule has 24 heavy (non-hydrogen) atoms. The predicted molar refractivity (Wildman–Crippen MR) is 88.0 cm³/mol. The van der Waals surface area contributed by atoms with Gasteiger partial charge < -0.3 is 9.47 Å². The maximum Gasteiger partial charge on any atom is 0.311 e. The van der Waals surface area contributed by atoms with Gasteiger partial charge in [0.1, 0.15) is 11.6 Å². The fourth-order valence-corrected chi connectivity index (χ4v) is 2.64. The van der Waals surface area contributed by atoms with Crippen LogP contribution in [-0.2, 0) is 20.7 Å². The first-order chi connectivity index (χ1) is 11.5. The second kappa shape index (κ2) is 8.60. The van der Waals surface area contributed by atoms with Crippen molar-refractivity contribution in [2.45, 2.75) is 13.3 Å². The van der Waals surface area contributed by atoms with Crippen molar-refractivity contribution in [1.29, 1.82) is 0 Å². The van der Waals surface area contributed by atoms with Crippen molar-refractivity contribution in [2.24, 2.45) is 0 Å². The molecule has 2 aromatic rings. The molecular formula is C15H14ClFN2O4S. The van der Waals surface area contributed by atoms with E-state index in [1.165, 1.54) is 23.5 Å². The molecule has 6 nitrogen and oxygen atoms in total. The van der Waals surface area contributed by atoms with Gasteiger partial charge in [0, 0.05) is 5.38 Å². The topological polar surface area (TPSA) is 77.5 Å². The molecule has 2 rings (SSSR count). The van der Waals surface area contributed by atoms with Crippen LogP contribution >= 0.6 is 22.9 Å². The number of amides is 1. The Kier molecular flexibility index (Phi) is 6.51. The molecule has 1 heterocycles. The smallest absolute Gasteiger partial charge is 0.311 e. The van der Waals surface area contributed by atoms with E-state index >= 15 is 0 Å². The lowest BCUT2D eigenvalue weighted by molar-refractivity contribution is -0.142. The van der Waals surface area contributed by atoms with Crippen LogP contribution in [-0.4, -0.2) is 30.1 Å². The molecule has 1 amide bonds. The number of carbonyl (C=O) groups is 2. The molecule has 0 saturated carbocycles. The van der Waals surface area contributed by atoms with Crippen LogP contribution in [0.2, 0.25) is 5.02 Å². The number of nitrogens with zero attached hydrogens (tertiary/aromatic N) is 1. The normalized spacial score (nSPS) is 10.3. The molecule has 9 heteroatoms. The summed E-state index contributed by atoms with van der Waals surface area (Å²) in [4.78, 5) is 27.3. The fraction of sp³-hybridized carbons (Fsp3) is 0.267. The molecular weight excluding hydrogens is 359 g/mol. The Morgan fingerprint density at radius 3 is 2.92 bits per heavy atom. The third-order valence-corrected chi connectivity index (χ3v) is 3.78. The Morgan fingerprint density at radius 1 is 1.42 bits per heavy atom. The molecule has 0 aliphatic rings. The van der Waals surface area contributed by atoms with Crippen molar-refractivity contribution in [3.8, 4) is 5.75 Å². The number of anilines is 1. The number of esters is 1. The summed E-state index contributed by atoms with van der Waals surface area (Å²) >= 11 is 6.98. The zero-order chi connectivity index (χ0) is 17.5. The predicted octanol–water partition coefficient (Wildman–Crippen LogP) is 3.06. The Morgan fingerprint density at radius 2 is 2.21 bits per heavy atom. The highest BCUT2D eigenvalue weighted by atomic mass is 35.5. The first kappa shape index (κ1) is 18.2. The van der Waals surface area contributed by atoms with Gasteiger partial charge in [-0.1, -0.05) is 11.6 Å². The van der Waals surface area contributed by atoms with Gasteiger partial charge in [0.25, 0.3) is 5.91 Å². The van der Waals surface area contributed by atoms with E-state index in [0.717, 1.165) is 6.07 Å². The summed E-state index contributed by atoms with van der Waals surface area (Å²) in [5.41, 5.74) is 0.510. The minimum absolute atomic E-state index is 0.0435. The molecule has 0 aliphatic carbocycles. The molecule has 1 N–H and O–H groups in total. The van der Waals surface area contributed by atoms with E-state index in [4.69, 9.17) is 21.1 Å². The molecule has 0 unspecified atom stereocenters. The lowest BCUT2D eigenvalue weighted by atomic mass is 10.3. The second-order valence-electron chi connectivity index (χ2n) is 4.54. The van der Waals surface area contributed by atoms with Gasteiger partial charge in [-0.2, -0.15) is 0 Å². The van der Waals surface area contributed by atoms with Gasteiger partial charge in [0.05, 0.1) is 23.7 Å². The Hall–Kier alpha value is -2.19. The van der Waals surface area contributed by atoms with E-state index in [1.807, 2.05) is 0 Å². The number of aromatic nitrogens is 1. The molecule has 0 radical (unpaired) electrons. The third-order valence-electron chi connectivity index (χ3n) is 2.68. The van der Waals surface area contributed by atoms with E-state index in [0.29, 0.717) is 17.4 Å². The van der Waals surface area contributed by atoms with Gasteiger partial charge in [-0.15, -0.1) is 11.3 Å². The number of nitrogens with one attached hydrogen (secondary N) is 1. The number of hydrogen-bond donors (Lipinski definition) is 1. The van der Waals surface area contributed by atoms with E-state index in [-0.39, 0.29) is 29.8 Å². The Labute approximate surface area is 146 Å². The summed E-state index contributed by atoms with van der Waals surface area (Å²) in [5, 5.41) is 4.62. The number of ether oxygens (including phenoxy) is 2. The van der Waals surface area contributed by atoms with Crippen molar-refractivity contribution in [3.05, 3.63) is 40.1 Å². The van der Waals surface area contributed by atoms with Crippen molar-refractivity contribution < 1.29 is 23.5 Å². The van der Waals surface area contributed by atoms with E-state index in [2.05, 4.69) is 10.3 Å². The van der Waals surface area contributed by atoms with Gasteiger partial charge in [0.15, 0.2) is 11.7 Å². The van der Waals surface area contributed by atoms with Gasteiger partial charge in [-0.25, -0.2) is 9.37 Å². The summed E-state index contributed by atoms with van der Waals surface area (Å²) < 4.78 is 23.0. The number of halogens is 2. The number of thiazole rings is 1. The molecule has 0 saturated heterocycles. The highest BCUT2D eigenvalue weighted by Crippen LogP contribution is 2.24. The van der Waals surface area contributed by atoms with Crippen molar-refractivity contribution in [2.75, 3.05) is 18.5 Å². The van der Waals surface area contributed by atoms with Crippen molar-refractivity contribution in [1.82, 2.24) is 4.98 Å². The van der Waals surface area contributed by atoms with Crippen LogP contribution in [0.5, 0.6) is 5.75 Å². The minimum Gasteiger partial charge on any atom is -0.482 e. The molecule has 0 aliphatic heterocycles. The standard InChI is InChI=1S/C15H14ClFN2O4S/c1-2-22-14(21)6-10-8-24-15(18-10)19-13(20)7-23-12-4-3-9(17)5-11(12)16/h3-5,8H,2,6-7H2,1H3,(H,18,19,20). The summed E-state index contributed by atoms with van der Waals surface area (Å²) in [5.74, 6) is -1.12. The van der Waals surface area contributed by atoms with Crippen LogP contribution in [0, 0.1) is 5.82 Å². The monoisotopic (exact) mass is 372 g/mol. The van der Waals surface area contributed by atoms with Gasteiger partial charge in [-0.05, 0) is 25.1 Å². The highest BCUT2D eigenvalue weighted by molar-refractivity contribution is 7.13. The maximum absolute atomic E-state index is 12.9. The van der Waals surface area contributed by atoms with Crippen LogP contribution < -0.4 is 10.1 Å². The average molecular weight is 373 g/mol. The van der Waals surface area contributed by atoms with Gasteiger partial charge in [-0.3, -0.25) is 14.9 Å². The van der Waals surface area contributed by atoms with Gasteiger partial charge >= 0.3 is 5.97 Å².